The van der Waals surface area contributed by atoms with Gasteiger partial charge in [0.1, 0.15) is 0 Å². The maximum Gasteiger partial charge on any atom is 0.222 e. The lowest BCUT2D eigenvalue weighted by Crippen LogP contribution is -2.47. The van der Waals surface area contributed by atoms with Gasteiger partial charge in [0, 0.05) is 49.8 Å². The monoisotopic (exact) mass is 260 g/mol. The summed E-state index contributed by atoms with van der Waals surface area (Å²) in [5.41, 5.74) is 1.29. The first-order chi connectivity index (χ1) is 9.27. The molecule has 2 saturated heterocycles. The van der Waals surface area contributed by atoms with Crippen molar-refractivity contribution in [3.05, 3.63) is 30.1 Å². The Kier molecular flexibility index (Phi) is 3.51. The summed E-state index contributed by atoms with van der Waals surface area (Å²) in [6.45, 7) is 3.30. The summed E-state index contributed by atoms with van der Waals surface area (Å²) in [6.07, 6.45) is 5.40. The predicted molar refractivity (Wildman–Crippen MR) is 71.6 cm³/mol. The van der Waals surface area contributed by atoms with Gasteiger partial charge in [-0.2, -0.15) is 0 Å². The first kappa shape index (κ1) is 12.6. The zero-order chi connectivity index (χ0) is 13.1. The fraction of sp³-hybridized carbons (Fsp3) is 0.600. The molecule has 4 nitrogen and oxygen atoms in total. The highest BCUT2D eigenvalue weighted by atomic mass is 16.5. The van der Waals surface area contributed by atoms with Crippen LogP contribution in [-0.2, 0) is 16.0 Å². The number of ether oxygens (including phenoxy) is 1. The van der Waals surface area contributed by atoms with Crippen molar-refractivity contribution >= 4 is 5.91 Å². The minimum Gasteiger partial charge on any atom is -0.381 e. The van der Waals surface area contributed by atoms with Crippen molar-refractivity contribution in [3.8, 4) is 0 Å². The zero-order valence-electron chi connectivity index (χ0n) is 11.2. The van der Waals surface area contributed by atoms with Crippen LogP contribution in [0.5, 0.6) is 0 Å². The fourth-order valence-electron chi connectivity index (χ4n) is 3.07. The minimum atomic E-state index is 0.234. The number of hydrogen-bond donors (Lipinski definition) is 0. The molecule has 0 aromatic carbocycles. The van der Waals surface area contributed by atoms with Gasteiger partial charge >= 0.3 is 0 Å². The van der Waals surface area contributed by atoms with E-state index in [1.54, 1.807) is 6.20 Å². The average Bonchev–Trinajstić information content (AvgIpc) is 2.90. The standard InChI is InChI=1S/C15H20N2O2/c18-14-4-6-15(7-10-19-12-15)11-17(14)9-5-13-3-1-2-8-16-13/h1-3,8H,4-7,9-12H2/t15-/m1/s1. The van der Waals surface area contributed by atoms with Crippen LogP contribution in [0, 0.1) is 5.41 Å². The van der Waals surface area contributed by atoms with Crippen LogP contribution in [0.1, 0.15) is 25.0 Å². The molecule has 1 aromatic heterocycles. The van der Waals surface area contributed by atoms with Crippen molar-refractivity contribution in [2.45, 2.75) is 25.7 Å². The van der Waals surface area contributed by atoms with E-state index in [2.05, 4.69) is 4.98 Å². The first-order valence-electron chi connectivity index (χ1n) is 7.03. The number of carbonyl (C=O) groups excluding carboxylic acids is 1. The predicted octanol–water partition coefficient (Wildman–Crippen LogP) is 1.65. The molecule has 2 aliphatic rings. The Labute approximate surface area is 113 Å². The SMILES string of the molecule is O=C1CC[C@@]2(CCOC2)CN1CCc1ccccn1. The van der Waals surface area contributed by atoms with Crippen LogP contribution in [0.15, 0.2) is 24.4 Å². The van der Waals surface area contributed by atoms with Gasteiger partial charge in [0.2, 0.25) is 5.91 Å². The fourth-order valence-corrected chi connectivity index (χ4v) is 3.07. The molecule has 2 fully saturated rings. The summed E-state index contributed by atoms with van der Waals surface area (Å²) in [7, 11) is 0. The summed E-state index contributed by atoms with van der Waals surface area (Å²) in [5, 5.41) is 0. The third-order valence-electron chi connectivity index (χ3n) is 4.30. The highest BCUT2D eigenvalue weighted by Crippen LogP contribution is 2.37. The Morgan fingerprint density at radius 3 is 3.05 bits per heavy atom. The van der Waals surface area contributed by atoms with E-state index in [1.807, 2.05) is 23.1 Å². The van der Waals surface area contributed by atoms with Crippen LogP contribution in [0.25, 0.3) is 0 Å². The maximum absolute atomic E-state index is 12.0. The van der Waals surface area contributed by atoms with Crippen LogP contribution in [0.4, 0.5) is 0 Å². The summed E-state index contributed by atoms with van der Waals surface area (Å²) >= 11 is 0. The molecule has 0 radical (unpaired) electrons. The van der Waals surface area contributed by atoms with E-state index in [0.717, 1.165) is 51.3 Å². The molecule has 2 aliphatic heterocycles. The molecule has 0 saturated carbocycles. The van der Waals surface area contributed by atoms with Gasteiger partial charge in [0.25, 0.3) is 0 Å². The lowest BCUT2D eigenvalue weighted by Gasteiger charge is -2.39. The van der Waals surface area contributed by atoms with Crippen LogP contribution in [0.3, 0.4) is 0 Å². The van der Waals surface area contributed by atoms with Crippen molar-refractivity contribution in [1.82, 2.24) is 9.88 Å². The van der Waals surface area contributed by atoms with Crippen molar-refractivity contribution < 1.29 is 9.53 Å². The van der Waals surface area contributed by atoms with Crippen molar-refractivity contribution in [2.75, 3.05) is 26.3 Å². The van der Waals surface area contributed by atoms with Crippen LogP contribution < -0.4 is 0 Å². The largest absolute Gasteiger partial charge is 0.381 e. The number of rotatable bonds is 3. The van der Waals surface area contributed by atoms with Crippen molar-refractivity contribution in [2.24, 2.45) is 5.41 Å². The summed E-state index contributed by atoms with van der Waals surface area (Å²) < 4.78 is 5.53. The number of likely N-dealkylation sites (tertiary alicyclic amines) is 1. The first-order valence-corrected chi connectivity index (χ1v) is 7.03. The highest BCUT2D eigenvalue weighted by Gasteiger charge is 2.41. The Bertz CT molecular complexity index is 441. The Morgan fingerprint density at radius 1 is 1.37 bits per heavy atom. The molecule has 3 rings (SSSR count). The second-order valence-corrected chi connectivity index (χ2v) is 5.69. The number of pyridine rings is 1. The molecular weight excluding hydrogens is 240 g/mol. The second kappa shape index (κ2) is 5.29. The Hall–Kier alpha value is -1.42. The van der Waals surface area contributed by atoms with Gasteiger partial charge in [-0.25, -0.2) is 0 Å². The lowest BCUT2D eigenvalue weighted by molar-refractivity contribution is -0.137. The summed E-state index contributed by atoms with van der Waals surface area (Å²) in [5.74, 6) is 0.286. The number of nitrogens with zero attached hydrogens (tertiary/aromatic N) is 2. The van der Waals surface area contributed by atoms with Gasteiger partial charge in [-0.3, -0.25) is 9.78 Å². The maximum atomic E-state index is 12.0. The second-order valence-electron chi connectivity index (χ2n) is 5.69. The third kappa shape index (κ3) is 2.78. The third-order valence-corrected chi connectivity index (χ3v) is 4.30. The minimum absolute atomic E-state index is 0.234. The molecule has 0 bridgehead atoms. The summed E-state index contributed by atoms with van der Waals surface area (Å²) in [6, 6.07) is 5.93. The molecule has 0 unspecified atom stereocenters. The molecule has 102 valence electrons. The van der Waals surface area contributed by atoms with Gasteiger partial charge < -0.3 is 9.64 Å². The lowest BCUT2D eigenvalue weighted by atomic mass is 9.79. The van der Waals surface area contributed by atoms with Gasteiger partial charge in [-0.15, -0.1) is 0 Å². The molecule has 3 heterocycles. The molecule has 1 aromatic rings. The van der Waals surface area contributed by atoms with E-state index in [9.17, 15) is 4.79 Å². The van der Waals surface area contributed by atoms with Crippen LogP contribution in [-0.4, -0.2) is 42.1 Å². The van der Waals surface area contributed by atoms with E-state index >= 15 is 0 Å². The number of amides is 1. The van der Waals surface area contributed by atoms with E-state index < -0.39 is 0 Å². The smallest absolute Gasteiger partial charge is 0.222 e. The molecule has 0 aliphatic carbocycles. The van der Waals surface area contributed by atoms with Gasteiger partial charge in [-0.1, -0.05) is 6.07 Å². The van der Waals surface area contributed by atoms with E-state index in [-0.39, 0.29) is 11.3 Å². The van der Waals surface area contributed by atoms with E-state index in [0.29, 0.717) is 6.42 Å². The molecule has 4 heteroatoms. The molecule has 1 amide bonds. The van der Waals surface area contributed by atoms with E-state index in [4.69, 9.17) is 4.74 Å². The number of carbonyl (C=O) groups is 1. The molecule has 1 atom stereocenters. The van der Waals surface area contributed by atoms with Gasteiger partial charge in [0.05, 0.1) is 6.61 Å². The molecule has 19 heavy (non-hydrogen) atoms. The molecule has 0 N–H and O–H groups in total. The number of aromatic nitrogens is 1. The molecular formula is C15H20N2O2. The van der Waals surface area contributed by atoms with Crippen molar-refractivity contribution in [3.63, 3.8) is 0 Å². The number of hydrogen-bond acceptors (Lipinski definition) is 3. The Balaban J connectivity index is 1.61. The zero-order valence-corrected chi connectivity index (χ0v) is 11.2. The van der Waals surface area contributed by atoms with Crippen LogP contribution in [0.2, 0.25) is 0 Å². The Morgan fingerprint density at radius 2 is 2.32 bits per heavy atom. The topological polar surface area (TPSA) is 42.4 Å². The average molecular weight is 260 g/mol. The summed E-state index contributed by atoms with van der Waals surface area (Å²) in [4.78, 5) is 18.3. The number of piperidine rings is 1. The van der Waals surface area contributed by atoms with E-state index in [1.165, 1.54) is 0 Å². The van der Waals surface area contributed by atoms with Crippen molar-refractivity contribution in [1.29, 1.82) is 0 Å². The highest BCUT2D eigenvalue weighted by molar-refractivity contribution is 5.77. The quantitative estimate of drug-likeness (QED) is 0.830. The normalized spacial score (nSPS) is 27.2. The molecule has 1 spiro atoms. The van der Waals surface area contributed by atoms with Gasteiger partial charge in [0.15, 0.2) is 0 Å². The van der Waals surface area contributed by atoms with Gasteiger partial charge in [-0.05, 0) is 25.0 Å². The van der Waals surface area contributed by atoms with Crippen LogP contribution >= 0.6 is 0 Å².